The summed E-state index contributed by atoms with van der Waals surface area (Å²) in [4.78, 5) is 35.4. The fraction of sp³-hybridized carbons (Fsp3) is 0.250. The number of rotatable bonds is 4. The van der Waals surface area contributed by atoms with E-state index in [-0.39, 0.29) is 17.1 Å². The zero-order chi connectivity index (χ0) is 18.6. The van der Waals surface area contributed by atoms with Crippen LogP contribution in [0.25, 0.3) is 0 Å². The summed E-state index contributed by atoms with van der Waals surface area (Å²) in [6, 6.07) is 4.67. The Hall–Kier alpha value is -3.36. The van der Waals surface area contributed by atoms with Gasteiger partial charge < -0.3 is 20.3 Å². The van der Waals surface area contributed by atoms with Crippen molar-refractivity contribution in [2.24, 2.45) is 0 Å². The Morgan fingerprint density at radius 2 is 1.96 bits per heavy atom. The molecule has 2 rings (SSSR count). The van der Waals surface area contributed by atoms with Gasteiger partial charge in [-0.3, -0.25) is 10.1 Å². The average molecular weight is 346 g/mol. The smallest absolute Gasteiger partial charge is 0.346 e. The van der Waals surface area contributed by atoms with E-state index in [0.29, 0.717) is 5.69 Å². The Bertz CT molecular complexity index is 808. The second-order valence-electron chi connectivity index (χ2n) is 5.33. The number of anilines is 2. The van der Waals surface area contributed by atoms with Crippen LogP contribution >= 0.6 is 0 Å². The van der Waals surface area contributed by atoms with Crippen LogP contribution in [0.1, 0.15) is 27.2 Å². The first-order chi connectivity index (χ1) is 11.8. The van der Waals surface area contributed by atoms with Gasteiger partial charge in [-0.15, -0.1) is 0 Å². The molecule has 3 amide bonds. The number of hydrogen-bond donors (Lipinski definition) is 3. The lowest BCUT2D eigenvalue weighted by Gasteiger charge is -2.11. The van der Waals surface area contributed by atoms with Gasteiger partial charge in [0.25, 0.3) is 5.91 Å². The molecule has 9 nitrogen and oxygen atoms in total. The lowest BCUT2D eigenvalue weighted by Crippen LogP contribution is -2.37. The number of nitrogens with one attached hydrogen (secondary N) is 2. The Balaban J connectivity index is 1.87. The number of amides is 3. The molecule has 0 aliphatic heterocycles. The number of nitrogens with zero attached hydrogens (tertiary/aromatic N) is 1. The SMILES string of the molecule is Cc1cccc(NC(=O)NC(=O)COC(=O)c2c(C)noc2N)c1C. The maximum absolute atomic E-state index is 11.8. The number of imide groups is 1. The molecule has 0 atom stereocenters. The first kappa shape index (κ1) is 18.0. The number of aromatic nitrogens is 1. The van der Waals surface area contributed by atoms with Gasteiger partial charge in [0, 0.05) is 5.69 Å². The Labute approximate surface area is 143 Å². The molecule has 0 aliphatic rings. The summed E-state index contributed by atoms with van der Waals surface area (Å²) >= 11 is 0. The summed E-state index contributed by atoms with van der Waals surface area (Å²) < 4.78 is 9.43. The van der Waals surface area contributed by atoms with E-state index in [1.54, 1.807) is 12.1 Å². The van der Waals surface area contributed by atoms with E-state index in [2.05, 4.69) is 20.3 Å². The van der Waals surface area contributed by atoms with Gasteiger partial charge in [0.1, 0.15) is 5.56 Å². The maximum atomic E-state index is 11.8. The monoisotopic (exact) mass is 346 g/mol. The van der Waals surface area contributed by atoms with Crippen molar-refractivity contribution in [2.45, 2.75) is 20.8 Å². The quantitative estimate of drug-likeness (QED) is 0.716. The van der Waals surface area contributed by atoms with E-state index in [4.69, 9.17) is 10.5 Å². The maximum Gasteiger partial charge on any atom is 0.346 e. The van der Waals surface area contributed by atoms with Gasteiger partial charge in [-0.25, -0.2) is 9.59 Å². The molecule has 0 fully saturated rings. The topological polar surface area (TPSA) is 137 Å². The number of hydrogen-bond acceptors (Lipinski definition) is 7. The van der Waals surface area contributed by atoms with Crippen LogP contribution in [0.4, 0.5) is 16.4 Å². The number of esters is 1. The highest BCUT2D eigenvalue weighted by Gasteiger charge is 2.21. The number of nitrogen functional groups attached to an aromatic ring is 1. The van der Waals surface area contributed by atoms with Gasteiger partial charge in [0.2, 0.25) is 5.88 Å². The molecule has 0 bridgehead atoms. The van der Waals surface area contributed by atoms with Crippen LogP contribution in [0.3, 0.4) is 0 Å². The third-order valence-electron chi connectivity index (χ3n) is 3.53. The fourth-order valence-electron chi connectivity index (χ4n) is 2.04. The van der Waals surface area contributed by atoms with E-state index in [9.17, 15) is 14.4 Å². The van der Waals surface area contributed by atoms with Crippen molar-refractivity contribution in [3.63, 3.8) is 0 Å². The van der Waals surface area contributed by atoms with Gasteiger partial charge in [0.15, 0.2) is 6.61 Å². The highest BCUT2D eigenvalue weighted by molar-refractivity contribution is 6.03. The number of aryl methyl sites for hydroxylation is 2. The predicted octanol–water partition coefficient (Wildman–Crippen LogP) is 1.69. The third kappa shape index (κ3) is 4.34. The van der Waals surface area contributed by atoms with Crippen molar-refractivity contribution in [2.75, 3.05) is 17.7 Å². The lowest BCUT2D eigenvalue weighted by atomic mass is 10.1. The van der Waals surface area contributed by atoms with E-state index in [0.717, 1.165) is 11.1 Å². The Morgan fingerprint density at radius 1 is 1.24 bits per heavy atom. The second kappa shape index (κ2) is 7.47. The summed E-state index contributed by atoms with van der Waals surface area (Å²) in [5.74, 6) is -1.85. The van der Waals surface area contributed by atoms with E-state index >= 15 is 0 Å². The molecule has 25 heavy (non-hydrogen) atoms. The Morgan fingerprint density at radius 3 is 2.60 bits per heavy atom. The minimum atomic E-state index is -0.860. The van der Waals surface area contributed by atoms with E-state index in [1.807, 2.05) is 19.9 Å². The molecule has 0 radical (unpaired) electrons. The molecule has 132 valence electrons. The molecular weight excluding hydrogens is 328 g/mol. The predicted molar refractivity (Wildman–Crippen MR) is 89.0 cm³/mol. The lowest BCUT2D eigenvalue weighted by molar-refractivity contribution is -0.123. The molecule has 0 unspecified atom stereocenters. The third-order valence-corrected chi connectivity index (χ3v) is 3.53. The van der Waals surface area contributed by atoms with Crippen LogP contribution in [-0.2, 0) is 9.53 Å². The summed E-state index contributed by atoms with van der Waals surface area (Å²) in [5, 5.41) is 8.14. The van der Waals surface area contributed by atoms with Crippen LogP contribution < -0.4 is 16.4 Å². The molecule has 4 N–H and O–H groups in total. The Kier molecular flexibility index (Phi) is 5.38. The molecule has 1 aromatic heterocycles. The summed E-state index contributed by atoms with van der Waals surface area (Å²) in [7, 11) is 0. The minimum Gasteiger partial charge on any atom is -0.452 e. The van der Waals surface area contributed by atoms with Gasteiger partial charge in [0.05, 0.1) is 5.69 Å². The number of nitrogens with two attached hydrogens (primary N) is 1. The molecular formula is C16H18N4O5. The van der Waals surface area contributed by atoms with Crippen molar-refractivity contribution in [3.8, 4) is 0 Å². The molecule has 0 saturated heterocycles. The first-order valence-electron chi connectivity index (χ1n) is 7.35. The number of urea groups is 1. The fourth-order valence-corrected chi connectivity index (χ4v) is 2.04. The van der Waals surface area contributed by atoms with Gasteiger partial charge in [-0.1, -0.05) is 17.3 Å². The largest absolute Gasteiger partial charge is 0.452 e. The molecule has 9 heteroatoms. The zero-order valence-electron chi connectivity index (χ0n) is 14.0. The number of carbonyl (C=O) groups excluding carboxylic acids is 3. The summed E-state index contributed by atoms with van der Waals surface area (Å²) in [6.45, 7) is 4.61. The van der Waals surface area contributed by atoms with Gasteiger partial charge in [-0.05, 0) is 38.0 Å². The van der Waals surface area contributed by atoms with Crippen LogP contribution in [0, 0.1) is 20.8 Å². The summed E-state index contributed by atoms with van der Waals surface area (Å²) in [6.07, 6.45) is 0. The van der Waals surface area contributed by atoms with Crippen LogP contribution in [-0.4, -0.2) is 29.7 Å². The highest BCUT2D eigenvalue weighted by Crippen LogP contribution is 2.18. The van der Waals surface area contributed by atoms with Crippen LogP contribution in [0.5, 0.6) is 0 Å². The van der Waals surface area contributed by atoms with Crippen LogP contribution in [0.2, 0.25) is 0 Å². The molecule has 1 aromatic carbocycles. The number of ether oxygens (including phenoxy) is 1. The van der Waals surface area contributed by atoms with Crippen molar-refractivity contribution in [1.29, 1.82) is 0 Å². The standard InChI is InChI=1S/C16H18N4O5/c1-8-5-4-6-11(9(8)2)18-16(23)19-12(21)7-24-15(22)13-10(3)20-25-14(13)17/h4-6H,7,17H2,1-3H3,(H2,18,19,21,23). The highest BCUT2D eigenvalue weighted by atomic mass is 16.5. The van der Waals surface area contributed by atoms with Gasteiger partial charge >= 0.3 is 12.0 Å². The van der Waals surface area contributed by atoms with Crippen molar-refractivity contribution >= 4 is 29.5 Å². The van der Waals surface area contributed by atoms with E-state index < -0.39 is 24.5 Å². The van der Waals surface area contributed by atoms with Crippen LogP contribution in [0.15, 0.2) is 22.7 Å². The molecule has 0 aliphatic carbocycles. The number of carbonyl (C=O) groups is 3. The van der Waals surface area contributed by atoms with Crippen molar-refractivity contribution in [3.05, 3.63) is 40.6 Å². The zero-order valence-corrected chi connectivity index (χ0v) is 14.0. The van der Waals surface area contributed by atoms with Crippen molar-refractivity contribution < 1.29 is 23.6 Å². The minimum absolute atomic E-state index is 0.0485. The second-order valence-corrected chi connectivity index (χ2v) is 5.33. The van der Waals surface area contributed by atoms with E-state index in [1.165, 1.54) is 6.92 Å². The molecule has 1 heterocycles. The van der Waals surface area contributed by atoms with Gasteiger partial charge in [-0.2, -0.15) is 0 Å². The first-order valence-corrected chi connectivity index (χ1v) is 7.35. The number of benzene rings is 1. The molecule has 2 aromatic rings. The molecule has 0 saturated carbocycles. The molecule has 0 spiro atoms. The summed E-state index contributed by atoms with van der Waals surface area (Å²) in [5.41, 5.74) is 8.11. The average Bonchev–Trinajstić information content (AvgIpc) is 2.88. The van der Waals surface area contributed by atoms with Crippen molar-refractivity contribution in [1.82, 2.24) is 10.5 Å². The normalized spacial score (nSPS) is 10.2.